The van der Waals surface area contributed by atoms with Crippen molar-refractivity contribution in [2.45, 2.75) is 78.6 Å². The van der Waals surface area contributed by atoms with Crippen molar-refractivity contribution in [2.75, 3.05) is 0 Å². The molecule has 1 heterocycles. The van der Waals surface area contributed by atoms with Crippen molar-refractivity contribution in [1.82, 2.24) is 9.55 Å². The highest BCUT2D eigenvalue weighted by molar-refractivity contribution is 5.97. The van der Waals surface area contributed by atoms with Crippen molar-refractivity contribution >= 4 is 11.0 Å². The summed E-state index contributed by atoms with van der Waals surface area (Å²) in [7, 11) is 0. The average molecular weight is 607 g/mol. The first-order valence-electron chi connectivity index (χ1n) is 16.3. The zero-order valence-electron chi connectivity index (χ0n) is 28.7. The molecule has 3 heteroatoms. The number of hydrogen-bond acceptors (Lipinski definition) is 2. The quantitative estimate of drug-likeness (QED) is 0.217. The predicted molar refractivity (Wildman–Crippen MR) is 195 cm³/mol. The van der Waals surface area contributed by atoms with Crippen molar-refractivity contribution < 1.29 is 5.11 Å². The Balaban J connectivity index is 1.78. The predicted octanol–water partition coefficient (Wildman–Crippen LogP) is 11.6. The highest BCUT2D eigenvalue weighted by Gasteiger charge is 2.29. The van der Waals surface area contributed by atoms with Crippen molar-refractivity contribution in [1.29, 1.82) is 0 Å². The van der Waals surface area contributed by atoms with Crippen LogP contribution in [-0.2, 0) is 16.2 Å². The summed E-state index contributed by atoms with van der Waals surface area (Å²) in [5.74, 6) is 1.01. The second-order valence-corrected chi connectivity index (χ2v) is 15.6. The molecule has 234 valence electrons. The number of hydrogen-bond donors (Lipinski definition) is 1. The van der Waals surface area contributed by atoms with Crippen LogP contribution in [-0.4, -0.2) is 14.7 Å². The van der Waals surface area contributed by atoms with Gasteiger partial charge in [0.2, 0.25) is 0 Å². The zero-order valence-corrected chi connectivity index (χ0v) is 28.7. The van der Waals surface area contributed by atoms with E-state index < -0.39 is 0 Å². The minimum atomic E-state index is -0.268. The molecule has 46 heavy (non-hydrogen) atoms. The largest absolute Gasteiger partial charge is 0.507 e. The maximum Gasteiger partial charge on any atom is 0.149 e. The molecular formula is C43H46N2O. The van der Waals surface area contributed by atoms with Crippen LogP contribution in [0, 0.1) is 0 Å². The number of phenolic OH excluding ortho intramolecular Hbond substituents is 1. The normalized spacial score (nSPS) is 12.5. The van der Waals surface area contributed by atoms with Gasteiger partial charge in [0.05, 0.1) is 22.3 Å². The Morgan fingerprint density at radius 3 is 1.65 bits per heavy atom. The summed E-state index contributed by atoms with van der Waals surface area (Å²) in [5, 5.41) is 12.1. The lowest BCUT2D eigenvalue weighted by Crippen LogP contribution is -2.17. The van der Waals surface area contributed by atoms with Crippen LogP contribution in [0.15, 0.2) is 109 Å². The van der Waals surface area contributed by atoms with E-state index in [0.29, 0.717) is 0 Å². The highest BCUT2D eigenvalue weighted by atomic mass is 16.3. The van der Waals surface area contributed by atoms with Crippen LogP contribution in [0.2, 0.25) is 0 Å². The third-order valence-corrected chi connectivity index (χ3v) is 8.98. The molecule has 1 aromatic heterocycles. The second-order valence-electron chi connectivity index (χ2n) is 15.6. The van der Waals surface area contributed by atoms with Crippen molar-refractivity contribution in [3.8, 4) is 45.1 Å². The van der Waals surface area contributed by atoms with Crippen LogP contribution in [0.4, 0.5) is 0 Å². The maximum absolute atomic E-state index is 12.1. The van der Waals surface area contributed by atoms with Crippen LogP contribution >= 0.6 is 0 Å². The Kier molecular flexibility index (Phi) is 7.71. The molecule has 0 spiro atoms. The van der Waals surface area contributed by atoms with Crippen LogP contribution in [0.25, 0.3) is 50.4 Å². The molecule has 0 saturated carbocycles. The van der Waals surface area contributed by atoms with Gasteiger partial charge in [0.1, 0.15) is 11.6 Å². The van der Waals surface area contributed by atoms with Gasteiger partial charge in [-0.05, 0) is 62.8 Å². The standard InChI is InChI=1S/C43H46N2O/c1-41(2,3)30-23-24-36(33(25-30)29-19-14-11-15-20-29)45-37-22-16-21-32(28-17-12-10-13-18-28)38(37)44-40(45)34-26-31(42(4,5)6)27-35(39(34)46)43(7,8)9/h10-27,46H,1-9H3. The molecule has 0 aliphatic rings. The van der Waals surface area contributed by atoms with E-state index in [2.05, 4.69) is 170 Å². The molecule has 0 unspecified atom stereocenters. The molecule has 0 bridgehead atoms. The molecule has 0 aliphatic heterocycles. The van der Waals surface area contributed by atoms with E-state index in [1.165, 1.54) is 11.1 Å². The van der Waals surface area contributed by atoms with Gasteiger partial charge in [0.25, 0.3) is 0 Å². The summed E-state index contributed by atoms with van der Waals surface area (Å²) in [6.07, 6.45) is 0. The van der Waals surface area contributed by atoms with E-state index in [4.69, 9.17) is 4.98 Å². The highest BCUT2D eigenvalue weighted by Crippen LogP contribution is 2.45. The van der Waals surface area contributed by atoms with Gasteiger partial charge in [-0.15, -0.1) is 0 Å². The number of phenols is 1. The summed E-state index contributed by atoms with van der Waals surface area (Å²) in [6.45, 7) is 19.9. The molecule has 0 fully saturated rings. The average Bonchev–Trinajstić information content (AvgIpc) is 3.39. The number of rotatable bonds is 4. The first kappa shape index (κ1) is 31.4. The van der Waals surface area contributed by atoms with E-state index in [9.17, 15) is 5.11 Å². The molecule has 0 atom stereocenters. The molecule has 6 rings (SSSR count). The van der Waals surface area contributed by atoms with Gasteiger partial charge in [0.15, 0.2) is 0 Å². The molecule has 6 aromatic rings. The first-order chi connectivity index (χ1) is 21.6. The maximum atomic E-state index is 12.1. The summed E-state index contributed by atoms with van der Waals surface area (Å²) in [4.78, 5) is 5.45. The topological polar surface area (TPSA) is 38.0 Å². The van der Waals surface area contributed by atoms with E-state index in [0.717, 1.165) is 55.9 Å². The second kappa shape index (κ2) is 11.3. The van der Waals surface area contributed by atoms with E-state index in [1.54, 1.807) is 0 Å². The summed E-state index contributed by atoms with van der Waals surface area (Å²) >= 11 is 0. The minimum Gasteiger partial charge on any atom is -0.507 e. The Morgan fingerprint density at radius 2 is 1.09 bits per heavy atom. The van der Waals surface area contributed by atoms with Crippen molar-refractivity contribution in [2.24, 2.45) is 0 Å². The van der Waals surface area contributed by atoms with E-state index in [1.807, 2.05) is 6.07 Å². The van der Waals surface area contributed by atoms with Crippen molar-refractivity contribution in [3.05, 3.63) is 126 Å². The molecule has 0 amide bonds. The Morgan fingerprint density at radius 1 is 0.522 bits per heavy atom. The minimum absolute atomic E-state index is 0.0245. The number of imidazole rings is 1. The number of aromatic nitrogens is 2. The number of benzene rings is 5. The number of nitrogens with zero attached hydrogens (tertiary/aromatic N) is 2. The fourth-order valence-electron chi connectivity index (χ4n) is 6.23. The Hall–Kier alpha value is -4.63. The molecule has 3 nitrogen and oxygen atoms in total. The molecule has 0 radical (unpaired) electrons. The molecule has 5 aromatic carbocycles. The lowest BCUT2D eigenvalue weighted by molar-refractivity contribution is 0.446. The van der Waals surface area contributed by atoms with Gasteiger partial charge < -0.3 is 5.11 Å². The van der Waals surface area contributed by atoms with Crippen molar-refractivity contribution in [3.63, 3.8) is 0 Å². The monoisotopic (exact) mass is 606 g/mol. The third kappa shape index (κ3) is 5.75. The van der Waals surface area contributed by atoms with Crippen LogP contribution in [0.1, 0.15) is 79.0 Å². The van der Waals surface area contributed by atoms with Gasteiger partial charge in [-0.2, -0.15) is 0 Å². The molecular weight excluding hydrogens is 560 g/mol. The smallest absolute Gasteiger partial charge is 0.149 e. The SMILES string of the molecule is CC(C)(C)c1ccc(-n2c(-c3cc(C(C)(C)C)cc(C(C)(C)C)c3O)nc3c(-c4ccccc4)cccc32)c(-c2ccccc2)c1. The van der Waals surface area contributed by atoms with E-state index >= 15 is 0 Å². The number of aromatic hydroxyl groups is 1. The number of fused-ring (bicyclic) bond motifs is 1. The zero-order chi connectivity index (χ0) is 33.0. The van der Waals surface area contributed by atoms with Gasteiger partial charge in [-0.25, -0.2) is 4.98 Å². The van der Waals surface area contributed by atoms with Crippen LogP contribution in [0.3, 0.4) is 0 Å². The van der Waals surface area contributed by atoms with Crippen LogP contribution < -0.4 is 0 Å². The lowest BCUT2D eigenvalue weighted by atomic mass is 9.79. The lowest BCUT2D eigenvalue weighted by Gasteiger charge is -2.28. The summed E-state index contributed by atoms with van der Waals surface area (Å²) < 4.78 is 2.27. The van der Waals surface area contributed by atoms with Gasteiger partial charge >= 0.3 is 0 Å². The first-order valence-corrected chi connectivity index (χ1v) is 16.3. The Bertz CT molecular complexity index is 2030. The summed E-state index contributed by atoms with van der Waals surface area (Å²) in [6, 6.07) is 38.6. The fraction of sp³-hybridized carbons (Fsp3) is 0.279. The number of para-hydroxylation sites is 1. The molecule has 0 saturated heterocycles. The summed E-state index contributed by atoms with van der Waals surface area (Å²) in [5.41, 5.74) is 11.0. The van der Waals surface area contributed by atoms with Crippen LogP contribution in [0.5, 0.6) is 5.75 Å². The van der Waals surface area contributed by atoms with Gasteiger partial charge in [-0.3, -0.25) is 4.57 Å². The molecule has 0 aliphatic carbocycles. The van der Waals surface area contributed by atoms with Gasteiger partial charge in [0, 0.05) is 16.7 Å². The van der Waals surface area contributed by atoms with Gasteiger partial charge in [-0.1, -0.05) is 147 Å². The Labute approximate surface area is 274 Å². The fourth-order valence-corrected chi connectivity index (χ4v) is 6.23. The third-order valence-electron chi connectivity index (χ3n) is 8.98. The van der Waals surface area contributed by atoms with E-state index in [-0.39, 0.29) is 22.0 Å². The molecule has 1 N–H and O–H groups in total.